The van der Waals surface area contributed by atoms with E-state index in [1.165, 1.54) is 23.9 Å². The lowest BCUT2D eigenvalue weighted by molar-refractivity contribution is -0.384. The summed E-state index contributed by atoms with van der Waals surface area (Å²) in [5.74, 6) is -0.192. The lowest BCUT2D eigenvalue weighted by Crippen LogP contribution is -2.25. The number of rotatable bonds is 6. The summed E-state index contributed by atoms with van der Waals surface area (Å²) < 4.78 is 0. The quantitative estimate of drug-likeness (QED) is 0.237. The minimum Gasteiger partial charge on any atom is -0.354 e. The van der Waals surface area contributed by atoms with Gasteiger partial charge in [0.15, 0.2) is 5.17 Å². The number of aromatic nitrogens is 1. The smallest absolute Gasteiger partial charge is 0.269 e. The number of amides is 1. The molecule has 34 heavy (non-hydrogen) atoms. The number of hydrogen-bond acceptors (Lipinski definition) is 6. The Kier molecular flexibility index (Phi) is 5.92. The van der Waals surface area contributed by atoms with Crippen LogP contribution in [0.15, 0.2) is 89.1 Å². The largest absolute Gasteiger partial charge is 0.354 e. The second-order valence-corrected chi connectivity index (χ2v) is 8.89. The van der Waals surface area contributed by atoms with E-state index in [-0.39, 0.29) is 11.6 Å². The number of nitrogens with zero attached hydrogens (tertiary/aromatic N) is 3. The molecule has 1 aromatic heterocycles. The maximum absolute atomic E-state index is 12.4. The van der Waals surface area contributed by atoms with Crippen LogP contribution in [0.1, 0.15) is 11.1 Å². The van der Waals surface area contributed by atoms with Crippen LogP contribution in [0.2, 0.25) is 0 Å². The van der Waals surface area contributed by atoms with Gasteiger partial charge < -0.3 is 10.3 Å². The zero-order valence-electron chi connectivity index (χ0n) is 17.8. The van der Waals surface area contributed by atoms with Gasteiger partial charge in [0.1, 0.15) is 0 Å². The van der Waals surface area contributed by atoms with Crippen molar-refractivity contribution in [3.63, 3.8) is 0 Å². The van der Waals surface area contributed by atoms with Gasteiger partial charge in [0, 0.05) is 28.6 Å². The van der Waals surface area contributed by atoms with E-state index < -0.39 is 10.2 Å². The Balaban J connectivity index is 1.36. The van der Waals surface area contributed by atoms with E-state index in [0.717, 1.165) is 33.3 Å². The van der Waals surface area contributed by atoms with Crippen LogP contribution in [0.5, 0.6) is 0 Å². The first kappa shape index (κ1) is 21.6. The molecule has 9 heteroatoms. The predicted molar refractivity (Wildman–Crippen MR) is 135 cm³/mol. The molecule has 1 aliphatic rings. The molecule has 0 bridgehead atoms. The van der Waals surface area contributed by atoms with Crippen molar-refractivity contribution >= 4 is 45.6 Å². The Bertz CT molecular complexity index is 1450. The highest BCUT2D eigenvalue weighted by Gasteiger charge is 2.30. The topological polar surface area (TPSA) is 113 Å². The first-order chi connectivity index (χ1) is 16.6. The van der Waals surface area contributed by atoms with E-state index in [9.17, 15) is 14.9 Å². The minimum absolute atomic E-state index is 0.00680. The van der Waals surface area contributed by atoms with Crippen molar-refractivity contribution in [3.8, 4) is 11.3 Å². The van der Waals surface area contributed by atoms with Crippen molar-refractivity contribution < 1.29 is 9.72 Å². The molecule has 168 valence electrons. The fourth-order valence-electron chi connectivity index (χ4n) is 3.87. The lowest BCUT2D eigenvalue weighted by Gasteiger charge is -2.04. The average Bonchev–Trinajstić information content (AvgIpc) is 3.40. The van der Waals surface area contributed by atoms with Gasteiger partial charge in [-0.1, -0.05) is 72.4 Å². The van der Waals surface area contributed by atoms with Crippen LogP contribution in [0.4, 0.5) is 5.69 Å². The maximum Gasteiger partial charge on any atom is 0.269 e. The highest BCUT2D eigenvalue weighted by molar-refractivity contribution is 8.15. The Hall–Kier alpha value is -4.24. The second-order valence-electron chi connectivity index (χ2n) is 7.70. The van der Waals surface area contributed by atoms with Gasteiger partial charge in [-0.3, -0.25) is 14.9 Å². The van der Waals surface area contributed by atoms with Crippen molar-refractivity contribution in [2.75, 3.05) is 0 Å². The molecule has 1 fully saturated rings. The molecule has 1 atom stereocenters. The molecule has 1 saturated heterocycles. The molecule has 8 nitrogen and oxygen atoms in total. The molecule has 5 rings (SSSR count). The van der Waals surface area contributed by atoms with E-state index in [0.29, 0.717) is 11.6 Å². The molecule has 0 aliphatic carbocycles. The monoisotopic (exact) mass is 469 g/mol. The third-order valence-electron chi connectivity index (χ3n) is 5.46. The highest BCUT2D eigenvalue weighted by Crippen LogP contribution is 2.29. The Morgan fingerprint density at radius 3 is 2.65 bits per heavy atom. The number of carbonyl (C=O) groups excluding carboxylic acids is 1. The summed E-state index contributed by atoms with van der Waals surface area (Å²) in [5.41, 5.74) is 4.61. The SMILES string of the molecule is O=C1N/C(=N\N=C\c2c(-c3ccccc3)[nH]c3ccccc23)SC1Cc1cccc([N+](=O)[O-])c1. The number of nitro benzene ring substituents is 1. The van der Waals surface area contributed by atoms with Crippen molar-refractivity contribution in [1.29, 1.82) is 0 Å². The number of hydrogen-bond donors (Lipinski definition) is 2. The summed E-state index contributed by atoms with van der Waals surface area (Å²) in [5, 5.41) is 23.2. The number of thioether (sulfide) groups is 1. The fourth-order valence-corrected chi connectivity index (χ4v) is 4.83. The molecule has 0 spiro atoms. The Labute approximate surface area is 199 Å². The molecular formula is C25H19N5O3S. The van der Waals surface area contributed by atoms with Crippen molar-refractivity contribution in [2.45, 2.75) is 11.7 Å². The van der Waals surface area contributed by atoms with Crippen LogP contribution in [0.25, 0.3) is 22.2 Å². The third kappa shape index (κ3) is 4.46. The van der Waals surface area contributed by atoms with E-state index >= 15 is 0 Å². The van der Waals surface area contributed by atoms with Gasteiger partial charge in [-0.25, -0.2) is 0 Å². The zero-order valence-corrected chi connectivity index (χ0v) is 18.7. The van der Waals surface area contributed by atoms with Crippen molar-refractivity contribution in [3.05, 3.63) is 100 Å². The molecule has 1 amide bonds. The predicted octanol–water partition coefficient (Wildman–Crippen LogP) is 4.91. The molecule has 1 aliphatic heterocycles. The second kappa shape index (κ2) is 9.32. The van der Waals surface area contributed by atoms with E-state index in [2.05, 4.69) is 20.5 Å². The number of aromatic amines is 1. The summed E-state index contributed by atoms with van der Waals surface area (Å²) >= 11 is 1.27. The lowest BCUT2D eigenvalue weighted by atomic mass is 10.1. The van der Waals surface area contributed by atoms with Crippen LogP contribution in [0.3, 0.4) is 0 Å². The first-order valence-electron chi connectivity index (χ1n) is 10.6. The molecule has 2 N–H and O–H groups in total. The number of benzene rings is 3. The summed E-state index contributed by atoms with van der Waals surface area (Å²) in [4.78, 5) is 26.4. The normalized spacial score (nSPS) is 17.0. The molecule has 4 aromatic rings. The molecule has 0 radical (unpaired) electrons. The van der Waals surface area contributed by atoms with E-state index in [1.807, 2.05) is 54.6 Å². The van der Waals surface area contributed by atoms with E-state index in [4.69, 9.17) is 0 Å². The van der Waals surface area contributed by atoms with Gasteiger partial charge in [-0.2, -0.15) is 5.10 Å². The Morgan fingerprint density at radius 2 is 1.82 bits per heavy atom. The average molecular weight is 470 g/mol. The molecule has 2 heterocycles. The Morgan fingerprint density at radius 1 is 1.03 bits per heavy atom. The number of nitro groups is 1. The van der Waals surface area contributed by atoms with E-state index in [1.54, 1.807) is 18.3 Å². The maximum atomic E-state index is 12.4. The number of H-pyrrole nitrogens is 1. The van der Waals surface area contributed by atoms with Crippen molar-refractivity contribution in [1.82, 2.24) is 10.3 Å². The van der Waals surface area contributed by atoms with Gasteiger partial charge in [0.25, 0.3) is 5.69 Å². The van der Waals surface area contributed by atoms with Crippen LogP contribution >= 0.6 is 11.8 Å². The molecule has 1 unspecified atom stereocenters. The number of nitrogens with one attached hydrogen (secondary N) is 2. The van der Waals surface area contributed by atoms with Crippen LogP contribution in [-0.2, 0) is 11.2 Å². The van der Waals surface area contributed by atoms with Crippen LogP contribution in [0, 0.1) is 10.1 Å². The molecule has 3 aromatic carbocycles. The number of fused-ring (bicyclic) bond motifs is 1. The van der Waals surface area contributed by atoms with Gasteiger partial charge in [0.05, 0.1) is 22.1 Å². The summed E-state index contributed by atoms with van der Waals surface area (Å²) in [6, 6.07) is 24.3. The zero-order chi connectivity index (χ0) is 23.5. The minimum atomic E-state index is -0.443. The standard InChI is InChI=1S/C25H19N5O3S/c31-24-22(14-16-7-6-10-18(13-16)30(32)33)34-25(28-24)29-26-15-20-19-11-4-5-12-21(19)27-23(20)17-8-2-1-3-9-17/h1-13,15,22,27H,14H2,(H,28,29,31)/b26-15+. The fraction of sp³-hybridized carbons (Fsp3) is 0.0800. The summed E-state index contributed by atoms with van der Waals surface area (Å²) in [7, 11) is 0. The number of para-hydroxylation sites is 1. The van der Waals surface area contributed by atoms with Crippen molar-refractivity contribution in [2.24, 2.45) is 10.2 Å². The van der Waals surface area contributed by atoms with Gasteiger partial charge >= 0.3 is 0 Å². The third-order valence-corrected chi connectivity index (χ3v) is 6.54. The van der Waals surface area contributed by atoms with Gasteiger partial charge in [0.2, 0.25) is 5.91 Å². The number of carbonyl (C=O) groups is 1. The summed E-state index contributed by atoms with van der Waals surface area (Å²) in [6.07, 6.45) is 2.05. The number of amidine groups is 1. The molecular weight excluding hydrogens is 450 g/mol. The van der Waals surface area contributed by atoms with Gasteiger partial charge in [-0.15, -0.1) is 5.10 Å². The molecule has 0 saturated carbocycles. The summed E-state index contributed by atoms with van der Waals surface area (Å²) in [6.45, 7) is 0. The van der Waals surface area contributed by atoms with Gasteiger partial charge in [-0.05, 0) is 23.6 Å². The number of non-ortho nitro benzene ring substituents is 1. The van der Waals surface area contributed by atoms with Crippen LogP contribution in [-0.4, -0.2) is 32.4 Å². The first-order valence-corrected chi connectivity index (χ1v) is 11.4. The van der Waals surface area contributed by atoms with Crippen LogP contribution < -0.4 is 5.32 Å². The highest BCUT2D eigenvalue weighted by atomic mass is 32.2.